The molecule has 33 heavy (non-hydrogen) atoms. The van der Waals surface area contributed by atoms with E-state index in [0.29, 0.717) is 36.6 Å². The van der Waals surface area contributed by atoms with E-state index in [1.807, 2.05) is 18.2 Å². The Morgan fingerprint density at radius 3 is 2.45 bits per heavy atom. The van der Waals surface area contributed by atoms with E-state index in [-0.39, 0.29) is 12.0 Å². The molecule has 0 atom stereocenters. The molecular weight excluding hydrogens is 442 g/mol. The maximum Gasteiger partial charge on any atom is 0.243 e. The van der Waals surface area contributed by atoms with Crippen molar-refractivity contribution in [2.45, 2.75) is 51.2 Å². The van der Waals surface area contributed by atoms with E-state index < -0.39 is 10.0 Å². The molecule has 1 fully saturated rings. The number of nitrogens with one attached hydrogen (secondary N) is 1. The predicted octanol–water partition coefficient (Wildman–Crippen LogP) is 3.91. The number of sulfonamides is 1. The Hall–Kier alpha value is -3.07. The van der Waals surface area contributed by atoms with Crippen LogP contribution in [-0.4, -0.2) is 44.5 Å². The fourth-order valence-corrected chi connectivity index (χ4v) is 4.69. The van der Waals surface area contributed by atoms with Gasteiger partial charge in [-0.25, -0.2) is 13.4 Å². The first kappa shape index (κ1) is 23.1. The molecule has 2 aromatic carbocycles. The molecule has 2 aliphatic rings. The summed E-state index contributed by atoms with van der Waals surface area (Å²) >= 11 is 0. The first-order valence-corrected chi connectivity index (χ1v) is 13.0. The SMILES string of the molecule is COc1ccc(C2=NN(Cc3ccc(NS(C)(=O)=O)cc3)C(=O)CC2)cc1OC1CCCC1. The minimum atomic E-state index is -3.34. The van der Waals surface area contributed by atoms with Crippen molar-refractivity contribution in [3.05, 3.63) is 53.6 Å². The van der Waals surface area contributed by atoms with Crippen molar-refractivity contribution < 1.29 is 22.7 Å². The molecule has 1 heterocycles. The fourth-order valence-electron chi connectivity index (χ4n) is 4.13. The zero-order valence-electron chi connectivity index (χ0n) is 18.9. The second kappa shape index (κ2) is 9.82. The van der Waals surface area contributed by atoms with Crippen molar-refractivity contribution in [3.63, 3.8) is 0 Å². The van der Waals surface area contributed by atoms with Gasteiger partial charge in [-0.2, -0.15) is 5.10 Å². The van der Waals surface area contributed by atoms with E-state index in [1.165, 1.54) is 17.9 Å². The Bertz CT molecular complexity index is 1140. The number of ether oxygens (including phenoxy) is 2. The zero-order chi connectivity index (χ0) is 23.4. The van der Waals surface area contributed by atoms with Crippen molar-refractivity contribution in [1.29, 1.82) is 0 Å². The van der Waals surface area contributed by atoms with Crippen molar-refractivity contribution in [2.24, 2.45) is 5.10 Å². The third-order valence-electron chi connectivity index (χ3n) is 5.79. The molecule has 1 amide bonds. The first-order chi connectivity index (χ1) is 15.8. The predicted molar refractivity (Wildman–Crippen MR) is 127 cm³/mol. The van der Waals surface area contributed by atoms with E-state index in [4.69, 9.17) is 9.47 Å². The minimum absolute atomic E-state index is 0.0481. The second-order valence-electron chi connectivity index (χ2n) is 8.46. The maximum atomic E-state index is 12.5. The largest absolute Gasteiger partial charge is 0.493 e. The highest BCUT2D eigenvalue weighted by Crippen LogP contribution is 2.33. The van der Waals surface area contributed by atoms with Crippen LogP contribution in [0.2, 0.25) is 0 Å². The monoisotopic (exact) mass is 471 g/mol. The van der Waals surface area contributed by atoms with Crippen molar-refractivity contribution in [1.82, 2.24) is 5.01 Å². The molecule has 8 nitrogen and oxygen atoms in total. The normalized spacial score (nSPS) is 17.1. The van der Waals surface area contributed by atoms with Gasteiger partial charge in [0.05, 0.1) is 31.7 Å². The molecule has 1 aliphatic heterocycles. The van der Waals surface area contributed by atoms with Gasteiger partial charge in [-0.3, -0.25) is 9.52 Å². The molecule has 4 rings (SSSR count). The number of carbonyl (C=O) groups is 1. The quantitative estimate of drug-likeness (QED) is 0.629. The number of carbonyl (C=O) groups excluding carboxylic acids is 1. The third kappa shape index (κ3) is 6.04. The average Bonchev–Trinajstić information content (AvgIpc) is 3.29. The van der Waals surface area contributed by atoms with Gasteiger partial charge in [0.25, 0.3) is 0 Å². The number of hydrazone groups is 1. The van der Waals surface area contributed by atoms with E-state index >= 15 is 0 Å². The van der Waals surface area contributed by atoms with Crippen LogP contribution in [0.5, 0.6) is 11.5 Å². The Morgan fingerprint density at radius 2 is 1.79 bits per heavy atom. The summed E-state index contributed by atoms with van der Waals surface area (Å²) in [4.78, 5) is 12.5. The Labute approximate surface area is 194 Å². The molecule has 176 valence electrons. The second-order valence-corrected chi connectivity index (χ2v) is 10.2. The van der Waals surface area contributed by atoms with Crippen molar-refractivity contribution >= 4 is 27.3 Å². The van der Waals surface area contributed by atoms with Crippen LogP contribution in [0.15, 0.2) is 47.6 Å². The van der Waals surface area contributed by atoms with Crippen LogP contribution in [0.3, 0.4) is 0 Å². The summed E-state index contributed by atoms with van der Waals surface area (Å²) in [6.07, 6.45) is 6.71. The molecular formula is C24H29N3O5S. The Kier molecular flexibility index (Phi) is 6.88. The van der Waals surface area contributed by atoms with Gasteiger partial charge in [0.15, 0.2) is 11.5 Å². The van der Waals surface area contributed by atoms with E-state index in [9.17, 15) is 13.2 Å². The molecule has 0 bridgehead atoms. The number of hydrogen-bond acceptors (Lipinski definition) is 6. The molecule has 0 radical (unpaired) electrons. The van der Waals surface area contributed by atoms with Gasteiger partial charge >= 0.3 is 0 Å². The van der Waals surface area contributed by atoms with Gasteiger partial charge in [0.2, 0.25) is 15.9 Å². The summed E-state index contributed by atoms with van der Waals surface area (Å²) in [5, 5.41) is 6.10. The highest BCUT2D eigenvalue weighted by molar-refractivity contribution is 7.92. The lowest BCUT2D eigenvalue weighted by Crippen LogP contribution is -2.31. The van der Waals surface area contributed by atoms with Crippen LogP contribution in [0.25, 0.3) is 0 Å². The fraction of sp³-hybridized carbons (Fsp3) is 0.417. The topological polar surface area (TPSA) is 97.3 Å². The van der Waals surface area contributed by atoms with Crippen LogP contribution >= 0.6 is 0 Å². The summed E-state index contributed by atoms with van der Waals surface area (Å²) in [6.45, 7) is 0.309. The molecule has 1 saturated carbocycles. The first-order valence-electron chi connectivity index (χ1n) is 11.1. The lowest BCUT2D eigenvalue weighted by Gasteiger charge is -2.24. The highest BCUT2D eigenvalue weighted by atomic mass is 32.2. The minimum Gasteiger partial charge on any atom is -0.493 e. The summed E-state index contributed by atoms with van der Waals surface area (Å²) in [5.74, 6) is 1.35. The van der Waals surface area contributed by atoms with Gasteiger partial charge in [-0.15, -0.1) is 0 Å². The van der Waals surface area contributed by atoms with Gasteiger partial charge < -0.3 is 9.47 Å². The third-order valence-corrected chi connectivity index (χ3v) is 6.39. The molecule has 0 saturated heterocycles. The van der Waals surface area contributed by atoms with Gasteiger partial charge in [-0.1, -0.05) is 12.1 Å². The molecule has 0 unspecified atom stereocenters. The lowest BCUT2D eigenvalue weighted by molar-refractivity contribution is -0.132. The lowest BCUT2D eigenvalue weighted by atomic mass is 10.0. The highest BCUT2D eigenvalue weighted by Gasteiger charge is 2.24. The zero-order valence-corrected chi connectivity index (χ0v) is 19.7. The smallest absolute Gasteiger partial charge is 0.243 e. The van der Waals surface area contributed by atoms with Gasteiger partial charge in [0.1, 0.15) is 0 Å². The number of amides is 1. The average molecular weight is 472 g/mol. The van der Waals surface area contributed by atoms with Crippen LogP contribution in [-0.2, 0) is 21.4 Å². The summed E-state index contributed by atoms with van der Waals surface area (Å²) in [7, 11) is -1.71. The number of benzene rings is 2. The summed E-state index contributed by atoms with van der Waals surface area (Å²) < 4.78 is 36.9. The summed E-state index contributed by atoms with van der Waals surface area (Å²) in [6, 6.07) is 12.7. The van der Waals surface area contributed by atoms with Crippen molar-refractivity contribution in [3.8, 4) is 11.5 Å². The van der Waals surface area contributed by atoms with E-state index in [1.54, 1.807) is 31.4 Å². The molecule has 1 N–H and O–H groups in total. The van der Waals surface area contributed by atoms with Gasteiger partial charge in [-0.05, 0) is 61.6 Å². The maximum absolute atomic E-state index is 12.5. The molecule has 9 heteroatoms. The number of anilines is 1. The van der Waals surface area contributed by atoms with Crippen LogP contribution in [0, 0.1) is 0 Å². The number of nitrogens with zero attached hydrogens (tertiary/aromatic N) is 2. The molecule has 0 spiro atoms. The standard InChI is InChI=1S/C24H29N3O5S/c1-31-22-13-9-18(15-23(22)32-20-5-3-4-6-20)21-12-14-24(28)27(25-21)16-17-7-10-19(11-8-17)26-33(2,29)30/h7-11,13,15,20,26H,3-6,12,14,16H2,1-2H3. The molecule has 1 aliphatic carbocycles. The van der Waals surface area contributed by atoms with E-state index in [2.05, 4.69) is 9.82 Å². The van der Waals surface area contributed by atoms with Crippen LogP contribution in [0.1, 0.15) is 49.7 Å². The van der Waals surface area contributed by atoms with E-state index in [0.717, 1.165) is 35.9 Å². The number of hydrogen-bond donors (Lipinski definition) is 1. The van der Waals surface area contributed by atoms with Crippen LogP contribution < -0.4 is 14.2 Å². The van der Waals surface area contributed by atoms with Crippen LogP contribution in [0.4, 0.5) is 5.69 Å². The Morgan fingerprint density at radius 1 is 1.06 bits per heavy atom. The molecule has 2 aromatic rings. The number of rotatable bonds is 8. The molecule has 0 aromatic heterocycles. The Balaban J connectivity index is 1.52. The summed E-state index contributed by atoms with van der Waals surface area (Å²) in [5.41, 5.74) is 3.06. The van der Waals surface area contributed by atoms with Crippen molar-refractivity contribution in [2.75, 3.05) is 18.1 Å². The van der Waals surface area contributed by atoms with Gasteiger partial charge in [0, 0.05) is 24.1 Å². The number of methoxy groups -OCH3 is 1.